The molecule has 1 rings (SSSR count). The minimum atomic E-state index is -1.11. The van der Waals surface area contributed by atoms with E-state index in [4.69, 9.17) is 25.1 Å². The van der Waals surface area contributed by atoms with Crippen LogP contribution in [0, 0.1) is 0 Å². The summed E-state index contributed by atoms with van der Waals surface area (Å²) in [6.07, 6.45) is 1.25. The third-order valence-electron chi connectivity index (χ3n) is 2.05. The number of rotatable bonds is 8. The van der Waals surface area contributed by atoms with E-state index in [1.807, 2.05) is 0 Å². The largest absolute Gasteiger partial charge is 0.478 e. The van der Waals surface area contributed by atoms with Gasteiger partial charge < -0.3 is 25.1 Å². The lowest BCUT2D eigenvalue weighted by molar-refractivity contribution is 0.0536. The standard InChI is InChI=1S/C11H16N2O5/c1-16-2-3-17-4-5-18-10-6-8(11(14)15)9(12)7-13-10/h6-7H,2-5,12H2,1H3,(H,14,15). The van der Waals surface area contributed by atoms with Crippen molar-refractivity contribution in [2.24, 2.45) is 0 Å². The molecule has 0 amide bonds. The highest BCUT2D eigenvalue weighted by molar-refractivity contribution is 5.93. The van der Waals surface area contributed by atoms with Gasteiger partial charge in [-0.25, -0.2) is 9.78 Å². The van der Waals surface area contributed by atoms with Gasteiger partial charge >= 0.3 is 5.97 Å². The van der Waals surface area contributed by atoms with Gasteiger partial charge in [-0.2, -0.15) is 0 Å². The molecule has 0 saturated heterocycles. The zero-order chi connectivity index (χ0) is 13.4. The van der Waals surface area contributed by atoms with Crippen molar-refractivity contribution in [3.05, 3.63) is 17.8 Å². The molecule has 0 saturated carbocycles. The van der Waals surface area contributed by atoms with Gasteiger partial charge in [0.1, 0.15) is 6.61 Å². The SMILES string of the molecule is COCCOCCOc1cc(C(=O)O)c(N)cn1. The average Bonchev–Trinajstić information content (AvgIpc) is 2.35. The number of ether oxygens (including phenoxy) is 3. The summed E-state index contributed by atoms with van der Waals surface area (Å²) < 4.78 is 15.2. The Morgan fingerprint density at radius 3 is 2.78 bits per heavy atom. The fourth-order valence-electron chi connectivity index (χ4n) is 1.16. The number of methoxy groups -OCH3 is 1. The van der Waals surface area contributed by atoms with E-state index in [9.17, 15) is 4.79 Å². The summed E-state index contributed by atoms with van der Waals surface area (Å²) in [5, 5.41) is 8.86. The first kappa shape index (κ1) is 14.2. The monoisotopic (exact) mass is 256 g/mol. The second kappa shape index (κ2) is 7.46. The van der Waals surface area contributed by atoms with Crippen molar-refractivity contribution < 1.29 is 24.1 Å². The molecule has 0 aliphatic heterocycles. The van der Waals surface area contributed by atoms with Crippen molar-refractivity contribution in [3.8, 4) is 5.88 Å². The Morgan fingerprint density at radius 2 is 2.11 bits per heavy atom. The van der Waals surface area contributed by atoms with Crippen molar-refractivity contribution >= 4 is 11.7 Å². The average molecular weight is 256 g/mol. The van der Waals surface area contributed by atoms with Crippen molar-refractivity contribution in [2.45, 2.75) is 0 Å². The molecule has 7 heteroatoms. The molecule has 0 aliphatic carbocycles. The van der Waals surface area contributed by atoms with Crippen LogP contribution in [0.5, 0.6) is 5.88 Å². The maximum atomic E-state index is 10.8. The van der Waals surface area contributed by atoms with E-state index in [2.05, 4.69) is 4.98 Å². The maximum absolute atomic E-state index is 10.8. The number of aromatic nitrogens is 1. The van der Waals surface area contributed by atoms with E-state index in [0.717, 1.165) is 0 Å². The smallest absolute Gasteiger partial charge is 0.338 e. The quantitative estimate of drug-likeness (QED) is 0.649. The molecule has 1 heterocycles. The molecule has 0 radical (unpaired) electrons. The molecule has 1 aromatic heterocycles. The lowest BCUT2D eigenvalue weighted by Gasteiger charge is -2.07. The van der Waals surface area contributed by atoms with Crippen LogP contribution in [0.2, 0.25) is 0 Å². The van der Waals surface area contributed by atoms with Gasteiger partial charge in [-0.1, -0.05) is 0 Å². The highest BCUT2D eigenvalue weighted by Gasteiger charge is 2.10. The first-order valence-electron chi connectivity index (χ1n) is 5.33. The summed E-state index contributed by atoms with van der Waals surface area (Å²) in [7, 11) is 1.59. The third kappa shape index (κ3) is 4.56. The maximum Gasteiger partial charge on any atom is 0.338 e. The van der Waals surface area contributed by atoms with Gasteiger partial charge in [0.2, 0.25) is 5.88 Å². The summed E-state index contributed by atoms with van der Waals surface area (Å²) in [4.78, 5) is 14.7. The number of aromatic carboxylic acids is 1. The third-order valence-corrected chi connectivity index (χ3v) is 2.05. The molecule has 7 nitrogen and oxygen atoms in total. The van der Waals surface area contributed by atoms with E-state index in [0.29, 0.717) is 19.8 Å². The summed E-state index contributed by atoms with van der Waals surface area (Å²) in [5.74, 6) is -0.909. The van der Waals surface area contributed by atoms with Gasteiger partial charge in [0.05, 0.1) is 37.3 Å². The predicted octanol–water partition coefficient (Wildman–Crippen LogP) is 0.404. The molecule has 0 bridgehead atoms. The molecule has 1 aromatic rings. The minimum absolute atomic E-state index is 0.0275. The molecule has 0 aromatic carbocycles. The summed E-state index contributed by atoms with van der Waals surface area (Å²) in [6, 6.07) is 1.28. The van der Waals surface area contributed by atoms with Crippen LogP contribution >= 0.6 is 0 Å². The number of nitrogens with two attached hydrogens (primary N) is 1. The highest BCUT2D eigenvalue weighted by atomic mass is 16.5. The number of pyridine rings is 1. The summed E-state index contributed by atoms with van der Waals surface area (Å²) in [6.45, 7) is 1.65. The van der Waals surface area contributed by atoms with Crippen LogP contribution in [0.25, 0.3) is 0 Å². The normalized spacial score (nSPS) is 10.3. The number of nitrogens with zero attached hydrogens (tertiary/aromatic N) is 1. The van der Waals surface area contributed by atoms with E-state index >= 15 is 0 Å². The number of carbonyl (C=O) groups is 1. The Labute approximate surface area is 104 Å². The number of hydrogen-bond donors (Lipinski definition) is 2. The second-order valence-corrected chi connectivity index (χ2v) is 3.37. The molecule has 0 aliphatic rings. The molecule has 100 valence electrons. The van der Waals surface area contributed by atoms with Crippen LogP contribution in [0.15, 0.2) is 12.3 Å². The summed E-state index contributed by atoms with van der Waals surface area (Å²) in [5.41, 5.74) is 5.54. The fraction of sp³-hybridized carbons (Fsp3) is 0.455. The van der Waals surface area contributed by atoms with Crippen molar-refractivity contribution in [2.75, 3.05) is 39.3 Å². The van der Waals surface area contributed by atoms with Gasteiger partial charge in [-0.3, -0.25) is 0 Å². The molecule has 0 atom stereocenters. The number of hydrogen-bond acceptors (Lipinski definition) is 6. The predicted molar refractivity (Wildman–Crippen MR) is 63.8 cm³/mol. The molecular weight excluding hydrogens is 240 g/mol. The van der Waals surface area contributed by atoms with Crippen molar-refractivity contribution in [3.63, 3.8) is 0 Å². The zero-order valence-corrected chi connectivity index (χ0v) is 10.1. The van der Waals surface area contributed by atoms with Gasteiger partial charge in [0.25, 0.3) is 0 Å². The first-order chi connectivity index (χ1) is 8.65. The minimum Gasteiger partial charge on any atom is -0.478 e. The fourth-order valence-corrected chi connectivity index (χ4v) is 1.16. The molecule has 18 heavy (non-hydrogen) atoms. The van der Waals surface area contributed by atoms with Crippen LogP contribution in [-0.2, 0) is 9.47 Å². The number of carboxylic acids is 1. The van der Waals surface area contributed by atoms with Crippen LogP contribution < -0.4 is 10.5 Å². The van der Waals surface area contributed by atoms with Crippen molar-refractivity contribution in [1.82, 2.24) is 4.98 Å². The first-order valence-corrected chi connectivity index (χ1v) is 5.33. The number of anilines is 1. The van der Waals surface area contributed by atoms with E-state index in [-0.39, 0.29) is 23.7 Å². The Balaban J connectivity index is 2.38. The van der Waals surface area contributed by atoms with Crippen LogP contribution in [0.3, 0.4) is 0 Å². The number of carboxylic acid groups (broad SMARTS) is 1. The lowest BCUT2D eigenvalue weighted by Crippen LogP contribution is -2.11. The van der Waals surface area contributed by atoms with Gasteiger partial charge in [-0.15, -0.1) is 0 Å². The van der Waals surface area contributed by atoms with Crippen LogP contribution in [-0.4, -0.2) is 49.6 Å². The van der Waals surface area contributed by atoms with Crippen molar-refractivity contribution in [1.29, 1.82) is 0 Å². The zero-order valence-electron chi connectivity index (χ0n) is 10.1. The number of nitrogen functional groups attached to an aromatic ring is 1. The highest BCUT2D eigenvalue weighted by Crippen LogP contribution is 2.16. The van der Waals surface area contributed by atoms with Crippen LogP contribution in [0.1, 0.15) is 10.4 Å². The Morgan fingerprint density at radius 1 is 1.39 bits per heavy atom. The summed E-state index contributed by atoms with van der Waals surface area (Å²) >= 11 is 0. The van der Waals surface area contributed by atoms with Gasteiger partial charge in [-0.05, 0) is 0 Å². The molecule has 0 spiro atoms. The molecule has 0 fully saturated rings. The van der Waals surface area contributed by atoms with E-state index in [1.54, 1.807) is 7.11 Å². The Hall–Kier alpha value is -1.86. The Kier molecular flexibility index (Phi) is 5.89. The van der Waals surface area contributed by atoms with E-state index in [1.165, 1.54) is 12.3 Å². The topological polar surface area (TPSA) is 104 Å². The molecular formula is C11H16N2O5. The van der Waals surface area contributed by atoms with E-state index < -0.39 is 5.97 Å². The Bertz CT molecular complexity index is 397. The van der Waals surface area contributed by atoms with Gasteiger partial charge in [0, 0.05) is 13.2 Å². The molecule has 3 N–H and O–H groups in total. The molecule has 0 unspecified atom stereocenters. The van der Waals surface area contributed by atoms with Gasteiger partial charge in [0.15, 0.2) is 0 Å². The lowest BCUT2D eigenvalue weighted by atomic mass is 10.2. The van der Waals surface area contributed by atoms with Crippen LogP contribution in [0.4, 0.5) is 5.69 Å². The second-order valence-electron chi connectivity index (χ2n) is 3.37.